The van der Waals surface area contributed by atoms with Gasteiger partial charge in [0.15, 0.2) is 11.6 Å². The van der Waals surface area contributed by atoms with Crippen LogP contribution in [0.2, 0.25) is 0 Å². The third kappa shape index (κ3) is 3.00. The van der Waals surface area contributed by atoms with Gasteiger partial charge in [0.1, 0.15) is 0 Å². The van der Waals surface area contributed by atoms with E-state index in [1.54, 1.807) is 6.07 Å². The van der Waals surface area contributed by atoms with Crippen LogP contribution < -0.4 is 10.5 Å². The van der Waals surface area contributed by atoms with Crippen molar-refractivity contribution < 1.29 is 9.13 Å². The first kappa shape index (κ1) is 13.3. The maximum atomic E-state index is 13.6. The van der Waals surface area contributed by atoms with Gasteiger partial charge in [0.05, 0.1) is 7.11 Å². The van der Waals surface area contributed by atoms with Crippen LogP contribution >= 0.6 is 0 Å². The lowest BCUT2D eigenvalue weighted by Crippen LogP contribution is -2.33. The largest absolute Gasteiger partial charge is 0.494 e. The molecule has 1 fully saturated rings. The second kappa shape index (κ2) is 5.67. The lowest BCUT2D eigenvalue weighted by Gasteiger charge is -2.24. The van der Waals surface area contributed by atoms with E-state index in [9.17, 15) is 4.39 Å². The van der Waals surface area contributed by atoms with E-state index in [0.29, 0.717) is 6.04 Å². The van der Waals surface area contributed by atoms with Crippen LogP contribution in [0.4, 0.5) is 4.39 Å². The number of likely N-dealkylation sites (N-methyl/N-ethyl adjacent to an activating group) is 1. The molecular formula is C14H21FN2O. The van der Waals surface area contributed by atoms with Crippen LogP contribution in [0.15, 0.2) is 18.2 Å². The van der Waals surface area contributed by atoms with Gasteiger partial charge in [-0.25, -0.2) is 4.39 Å². The van der Waals surface area contributed by atoms with Gasteiger partial charge in [0.2, 0.25) is 0 Å². The second-order valence-electron chi connectivity index (χ2n) is 4.82. The normalized spacial score (nSPS) is 16.9. The minimum atomic E-state index is -0.347. The number of rotatable bonds is 6. The summed E-state index contributed by atoms with van der Waals surface area (Å²) < 4.78 is 18.5. The Bertz CT molecular complexity index is 407. The molecule has 1 aromatic carbocycles. The number of ether oxygens (including phenoxy) is 1. The molecule has 18 heavy (non-hydrogen) atoms. The zero-order valence-corrected chi connectivity index (χ0v) is 11.0. The van der Waals surface area contributed by atoms with Gasteiger partial charge >= 0.3 is 0 Å². The van der Waals surface area contributed by atoms with Crippen molar-refractivity contribution in [3.05, 3.63) is 29.6 Å². The third-order valence-electron chi connectivity index (χ3n) is 3.50. The molecule has 0 spiro atoms. The van der Waals surface area contributed by atoms with Gasteiger partial charge in [-0.2, -0.15) is 0 Å². The van der Waals surface area contributed by atoms with Crippen molar-refractivity contribution in [2.24, 2.45) is 5.73 Å². The molecule has 1 unspecified atom stereocenters. The van der Waals surface area contributed by atoms with Crippen molar-refractivity contribution in [3.63, 3.8) is 0 Å². The Morgan fingerprint density at radius 3 is 2.72 bits per heavy atom. The highest BCUT2D eigenvalue weighted by Crippen LogP contribution is 2.28. The van der Waals surface area contributed by atoms with Crippen molar-refractivity contribution >= 4 is 0 Å². The number of nitrogens with zero attached hydrogens (tertiary/aromatic N) is 1. The predicted molar refractivity (Wildman–Crippen MR) is 70.1 cm³/mol. The Hall–Kier alpha value is -1.13. The number of benzene rings is 1. The molecule has 1 aliphatic carbocycles. The minimum Gasteiger partial charge on any atom is -0.494 e. The Morgan fingerprint density at radius 1 is 1.50 bits per heavy atom. The van der Waals surface area contributed by atoms with E-state index in [2.05, 4.69) is 11.8 Å². The highest BCUT2D eigenvalue weighted by molar-refractivity contribution is 5.31. The van der Waals surface area contributed by atoms with Crippen LogP contribution in [0.25, 0.3) is 0 Å². The molecule has 1 aromatic rings. The summed E-state index contributed by atoms with van der Waals surface area (Å²) in [5.74, 6) is -0.0830. The maximum absolute atomic E-state index is 13.6. The molecule has 0 radical (unpaired) electrons. The first-order valence-corrected chi connectivity index (χ1v) is 6.48. The van der Waals surface area contributed by atoms with Gasteiger partial charge < -0.3 is 10.5 Å². The van der Waals surface area contributed by atoms with Crippen LogP contribution in [0.5, 0.6) is 5.75 Å². The van der Waals surface area contributed by atoms with Crippen LogP contribution in [0, 0.1) is 5.82 Å². The smallest absolute Gasteiger partial charge is 0.165 e. The molecule has 0 amide bonds. The molecule has 1 saturated carbocycles. The maximum Gasteiger partial charge on any atom is 0.165 e. The van der Waals surface area contributed by atoms with Gasteiger partial charge in [-0.1, -0.05) is 13.0 Å². The van der Waals surface area contributed by atoms with Crippen molar-refractivity contribution in [2.45, 2.75) is 31.8 Å². The van der Waals surface area contributed by atoms with Gasteiger partial charge in [0.25, 0.3) is 0 Å². The molecule has 1 aliphatic rings. The summed E-state index contributed by atoms with van der Waals surface area (Å²) in [7, 11) is 1.46. The molecule has 0 saturated heterocycles. The molecule has 0 heterocycles. The van der Waals surface area contributed by atoms with Gasteiger partial charge in [-0.15, -0.1) is 0 Å². The predicted octanol–water partition coefficient (Wildman–Crippen LogP) is 2.32. The number of hydrogen-bond donors (Lipinski definition) is 1. The summed E-state index contributed by atoms with van der Waals surface area (Å²) in [6.07, 6.45) is 2.52. The van der Waals surface area contributed by atoms with Crippen LogP contribution in [0.3, 0.4) is 0 Å². The van der Waals surface area contributed by atoms with E-state index in [0.717, 1.165) is 18.7 Å². The molecular weight excluding hydrogens is 231 g/mol. The molecule has 0 aromatic heterocycles. The quantitative estimate of drug-likeness (QED) is 0.844. The molecule has 2 rings (SSSR count). The average molecular weight is 252 g/mol. The summed E-state index contributed by atoms with van der Waals surface area (Å²) in [5, 5.41) is 0. The van der Waals surface area contributed by atoms with E-state index in [-0.39, 0.29) is 17.6 Å². The zero-order valence-electron chi connectivity index (χ0n) is 11.0. The Balaban J connectivity index is 2.03. The first-order chi connectivity index (χ1) is 8.65. The highest BCUT2D eigenvalue weighted by Gasteiger charge is 2.29. The Kier molecular flexibility index (Phi) is 4.19. The molecule has 3 nitrogen and oxygen atoms in total. The fourth-order valence-corrected chi connectivity index (χ4v) is 2.25. The van der Waals surface area contributed by atoms with Crippen molar-refractivity contribution in [1.82, 2.24) is 4.90 Å². The van der Waals surface area contributed by atoms with E-state index in [4.69, 9.17) is 10.5 Å². The summed E-state index contributed by atoms with van der Waals surface area (Å²) in [5.41, 5.74) is 6.97. The topological polar surface area (TPSA) is 38.5 Å². The monoisotopic (exact) mass is 252 g/mol. The zero-order chi connectivity index (χ0) is 13.1. The number of methoxy groups -OCH3 is 1. The number of hydrogen-bond acceptors (Lipinski definition) is 3. The van der Waals surface area contributed by atoms with E-state index in [1.807, 2.05) is 6.07 Å². The fourth-order valence-electron chi connectivity index (χ4n) is 2.25. The molecule has 1 atom stereocenters. The lowest BCUT2D eigenvalue weighted by molar-refractivity contribution is 0.260. The standard InChI is InChI=1S/C14H21FN2O/c1-3-17(11-5-6-11)9-13(16)10-4-7-14(18-2)12(15)8-10/h4,7-8,11,13H,3,5-6,9,16H2,1-2H3. The van der Waals surface area contributed by atoms with Crippen molar-refractivity contribution in [1.29, 1.82) is 0 Å². The van der Waals surface area contributed by atoms with Crippen LogP contribution in [-0.4, -0.2) is 31.1 Å². The molecule has 2 N–H and O–H groups in total. The summed E-state index contributed by atoms with van der Waals surface area (Å²) in [6, 6.07) is 5.49. The molecule has 100 valence electrons. The Labute approximate surface area is 108 Å². The van der Waals surface area contributed by atoms with E-state index >= 15 is 0 Å². The lowest BCUT2D eigenvalue weighted by atomic mass is 10.1. The molecule has 4 heteroatoms. The second-order valence-corrected chi connectivity index (χ2v) is 4.82. The van der Waals surface area contributed by atoms with Crippen molar-refractivity contribution in [2.75, 3.05) is 20.2 Å². The molecule has 0 bridgehead atoms. The Morgan fingerprint density at radius 2 is 2.22 bits per heavy atom. The number of nitrogens with two attached hydrogens (primary N) is 1. The fraction of sp³-hybridized carbons (Fsp3) is 0.571. The summed E-state index contributed by atoms with van der Waals surface area (Å²) >= 11 is 0. The van der Waals surface area contributed by atoms with E-state index in [1.165, 1.54) is 26.0 Å². The summed E-state index contributed by atoms with van der Waals surface area (Å²) in [4.78, 5) is 2.37. The van der Waals surface area contributed by atoms with E-state index < -0.39 is 0 Å². The third-order valence-corrected chi connectivity index (χ3v) is 3.50. The summed E-state index contributed by atoms with van der Waals surface area (Å²) in [6.45, 7) is 3.92. The van der Waals surface area contributed by atoms with Gasteiger partial charge in [-0.05, 0) is 37.1 Å². The highest BCUT2D eigenvalue weighted by atomic mass is 19.1. The number of halogens is 1. The first-order valence-electron chi connectivity index (χ1n) is 6.48. The van der Waals surface area contributed by atoms with Crippen LogP contribution in [0.1, 0.15) is 31.4 Å². The average Bonchev–Trinajstić information content (AvgIpc) is 3.19. The van der Waals surface area contributed by atoms with Crippen LogP contribution in [-0.2, 0) is 0 Å². The minimum absolute atomic E-state index is 0.147. The molecule has 0 aliphatic heterocycles. The van der Waals surface area contributed by atoms with Crippen molar-refractivity contribution in [3.8, 4) is 5.75 Å². The SMILES string of the molecule is CCN(CC(N)c1ccc(OC)c(F)c1)C1CC1. The van der Waals surface area contributed by atoms with Gasteiger partial charge in [0, 0.05) is 18.6 Å². The van der Waals surface area contributed by atoms with Gasteiger partial charge in [-0.3, -0.25) is 4.90 Å².